The maximum Gasteiger partial charge on any atom is 0.120 e. The van der Waals surface area contributed by atoms with Gasteiger partial charge >= 0.3 is 0 Å². The average Bonchev–Trinajstić information content (AvgIpc) is 2.63. The van der Waals surface area contributed by atoms with Crippen molar-refractivity contribution in [3.8, 4) is 5.75 Å². The zero-order valence-corrected chi connectivity index (χ0v) is 15.7. The van der Waals surface area contributed by atoms with E-state index >= 15 is 0 Å². The number of aryl methyl sites for hydroxylation is 1. The largest absolute Gasteiger partial charge is 0.489 e. The Morgan fingerprint density at radius 1 is 1.00 bits per heavy atom. The Morgan fingerprint density at radius 3 is 2.60 bits per heavy atom. The zero-order chi connectivity index (χ0) is 17.5. The van der Waals surface area contributed by atoms with E-state index in [2.05, 4.69) is 35.0 Å². The van der Waals surface area contributed by atoms with Crippen molar-refractivity contribution >= 4 is 11.6 Å². The van der Waals surface area contributed by atoms with Crippen LogP contribution in [0, 0.1) is 0 Å². The van der Waals surface area contributed by atoms with Crippen LogP contribution >= 0.6 is 11.6 Å². The third-order valence-electron chi connectivity index (χ3n) is 4.79. The molecule has 1 heterocycles. The highest BCUT2D eigenvalue weighted by atomic mass is 35.5. The van der Waals surface area contributed by atoms with E-state index in [9.17, 15) is 0 Å². The van der Waals surface area contributed by atoms with Crippen molar-refractivity contribution in [1.29, 1.82) is 0 Å². The second-order valence-corrected chi connectivity index (χ2v) is 7.18. The number of piperazine rings is 1. The molecule has 2 aromatic carbocycles. The van der Waals surface area contributed by atoms with Crippen LogP contribution < -0.4 is 4.74 Å². The summed E-state index contributed by atoms with van der Waals surface area (Å²) in [6, 6.07) is 16.3. The lowest BCUT2D eigenvalue weighted by molar-refractivity contribution is 0.153. The Kier molecular flexibility index (Phi) is 6.74. The van der Waals surface area contributed by atoms with E-state index in [1.807, 2.05) is 30.3 Å². The van der Waals surface area contributed by atoms with Crippen LogP contribution in [0.25, 0.3) is 0 Å². The van der Waals surface area contributed by atoms with E-state index in [0.717, 1.165) is 22.8 Å². The molecule has 0 bridgehead atoms. The second kappa shape index (κ2) is 9.23. The lowest BCUT2D eigenvalue weighted by Crippen LogP contribution is -2.44. The summed E-state index contributed by atoms with van der Waals surface area (Å²) >= 11 is 6.19. The lowest BCUT2D eigenvalue weighted by Gasteiger charge is -2.32. The Balaban J connectivity index is 1.45. The molecule has 0 atom stereocenters. The van der Waals surface area contributed by atoms with Gasteiger partial charge in [0.1, 0.15) is 12.4 Å². The van der Waals surface area contributed by atoms with Crippen LogP contribution in [0.2, 0.25) is 5.02 Å². The fourth-order valence-corrected chi connectivity index (χ4v) is 3.34. The molecule has 1 aliphatic heterocycles. The Bertz CT molecular complexity index is 668. The van der Waals surface area contributed by atoms with Gasteiger partial charge in [-0.15, -0.1) is 0 Å². The van der Waals surface area contributed by atoms with Gasteiger partial charge in [0.25, 0.3) is 0 Å². The molecule has 3 rings (SSSR count). The molecule has 2 aromatic rings. The minimum absolute atomic E-state index is 0.504. The van der Waals surface area contributed by atoms with Gasteiger partial charge in [0.2, 0.25) is 0 Å². The van der Waals surface area contributed by atoms with Crippen molar-refractivity contribution in [3.05, 3.63) is 64.7 Å². The highest BCUT2D eigenvalue weighted by molar-refractivity contribution is 6.31. The molecule has 0 saturated carbocycles. The fraction of sp³-hybridized carbons (Fsp3) is 0.429. The number of hydrogen-bond acceptors (Lipinski definition) is 3. The Morgan fingerprint density at radius 2 is 1.80 bits per heavy atom. The molecular weight excluding hydrogens is 332 g/mol. The van der Waals surface area contributed by atoms with Gasteiger partial charge in [-0.1, -0.05) is 41.9 Å². The predicted molar refractivity (Wildman–Crippen MR) is 104 cm³/mol. The summed E-state index contributed by atoms with van der Waals surface area (Å²) < 4.78 is 5.92. The number of nitrogens with zero attached hydrogens (tertiary/aromatic N) is 2. The SMILES string of the molecule is CN1CCN(CCCc2cccc(OCc3ccccc3Cl)c2)CC1. The first-order chi connectivity index (χ1) is 12.2. The van der Waals surface area contributed by atoms with Crippen molar-refractivity contribution < 1.29 is 4.74 Å². The number of likely N-dealkylation sites (N-methyl/N-ethyl adjacent to an activating group) is 1. The maximum absolute atomic E-state index is 6.19. The lowest BCUT2D eigenvalue weighted by atomic mass is 10.1. The minimum atomic E-state index is 0.504. The molecule has 25 heavy (non-hydrogen) atoms. The van der Waals surface area contributed by atoms with E-state index in [-0.39, 0.29) is 0 Å². The summed E-state index contributed by atoms with van der Waals surface area (Å²) in [5, 5.41) is 0.755. The summed E-state index contributed by atoms with van der Waals surface area (Å²) in [6.07, 6.45) is 2.29. The first-order valence-electron chi connectivity index (χ1n) is 9.07. The van der Waals surface area contributed by atoms with E-state index < -0.39 is 0 Å². The van der Waals surface area contributed by atoms with Crippen molar-refractivity contribution in [2.75, 3.05) is 39.8 Å². The van der Waals surface area contributed by atoms with Crippen molar-refractivity contribution in [2.24, 2.45) is 0 Å². The molecule has 0 radical (unpaired) electrons. The van der Waals surface area contributed by atoms with Crippen LogP contribution in [0.5, 0.6) is 5.75 Å². The minimum Gasteiger partial charge on any atom is -0.489 e. The maximum atomic E-state index is 6.19. The van der Waals surface area contributed by atoms with Gasteiger partial charge in [-0.3, -0.25) is 0 Å². The van der Waals surface area contributed by atoms with E-state index in [0.29, 0.717) is 6.61 Å². The number of hydrogen-bond donors (Lipinski definition) is 0. The first kappa shape index (κ1) is 18.2. The van der Waals surface area contributed by atoms with E-state index in [1.165, 1.54) is 44.7 Å². The summed E-state index contributed by atoms with van der Waals surface area (Å²) in [4.78, 5) is 4.97. The van der Waals surface area contributed by atoms with Gasteiger partial charge in [0, 0.05) is 36.8 Å². The van der Waals surface area contributed by atoms with Crippen LogP contribution in [-0.4, -0.2) is 49.6 Å². The average molecular weight is 359 g/mol. The summed E-state index contributed by atoms with van der Waals surface area (Å²) in [5.74, 6) is 0.914. The summed E-state index contributed by atoms with van der Waals surface area (Å²) in [5.41, 5.74) is 2.36. The van der Waals surface area contributed by atoms with Crippen LogP contribution in [-0.2, 0) is 13.0 Å². The smallest absolute Gasteiger partial charge is 0.120 e. The first-order valence-corrected chi connectivity index (χ1v) is 9.44. The van der Waals surface area contributed by atoms with Crippen molar-refractivity contribution in [3.63, 3.8) is 0 Å². The predicted octanol–water partition coefficient (Wildman–Crippen LogP) is 4.10. The quantitative estimate of drug-likeness (QED) is 0.741. The van der Waals surface area contributed by atoms with Gasteiger partial charge in [0.05, 0.1) is 0 Å². The standard InChI is InChI=1S/C21H27ClN2O/c1-23-12-14-24(15-13-23)11-5-7-18-6-4-9-20(16-18)25-17-19-8-2-3-10-21(19)22/h2-4,6,8-10,16H,5,7,11-15,17H2,1H3. The zero-order valence-electron chi connectivity index (χ0n) is 15.0. The molecule has 1 aliphatic rings. The van der Waals surface area contributed by atoms with Gasteiger partial charge in [-0.2, -0.15) is 0 Å². The van der Waals surface area contributed by atoms with Crippen molar-refractivity contribution in [1.82, 2.24) is 9.80 Å². The Hall–Kier alpha value is -1.55. The molecule has 3 nitrogen and oxygen atoms in total. The molecule has 0 aromatic heterocycles. The number of rotatable bonds is 7. The molecule has 0 spiro atoms. The fourth-order valence-electron chi connectivity index (χ4n) is 3.15. The highest BCUT2D eigenvalue weighted by Crippen LogP contribution is 2.20. The van der Waals surface area contributed by atoms with Crippen LogP contribution in [0.4, 0.5) is 0 Å². The molecule has 1 fully saturated rings. The Labute approximate surface area is 156 Å². The molecule has 0 unspecified atom stereocenters. The number of halogens is 1. The van der Waals surface area contributed by atoms with E-state index in [4.69, 9.17) is 16.3 Å². The topological polar surface area (TPSA) is 15.7 Å². The van der Waals surface area contributed by atoms with Gasteiger partial charge in [0.15, 0.2) is 0 Å². The molecular formula is C21H27ClN2O. The molecule has 0 amide bonds. The number of benzene rings is 2. The van der Waals surface area contributed by atoms with Gasteiger partial charge < -0.3 is 14.5 Å². The highest BCUT2D eigenvalue weighted by Gasteiger charge is 2.12. The van der Waals surface area contributed by atoms with Crippen LogP contribution in [0.15, 0.2) is 48.5 Å². The van der Waals surface area contributed by atoms with Crippen molar-refractivity contribution in [2.45, 2.75) is 19.4 Å². The summed E-state index contributed by atoms with van der Waals surface area (Å²) in [6.45, 7) is 6.44. The molecule has 0 aliphatic carbocycles. The molecule has 4 heteroatoms. The second-order valence-electron chi connectivity index (χ2n) is 6.78. The molecule has 1 saturated heterocycles. The van der Waals surface area contributed by atoms with Gasteiger partial charge in [-0.05, 0) is 50.2 Å². The monoisotopic (exact) mass is 358 g/mol. The summed E-state index contributed by atoms with van der Waals surface area (Å²) in [7, 11) is 2.20. The van der Waals surface area contributed by atoms with E-state index in [1.54, 1.807) is 0 Å². The van der Waals surface area contributed by atoms with Crippen LogP contribution in [0.1, 0.15) is 17.5 Å². The number of ether oxygens (including phenoxy) is 1. The van der Waals surface area contributed by atoms with Crippen LogP contribution in [0.3, 0.4) is 0 Å². The third-order valence-corrected chi connectivity index (χ3v) is 5.16. The van der Waals surface area contributed by atoms with Gasteiger partial charge in [-0.25, -0.2) is 0 Å². The normalized spacial score (nSPS) is 16.1. The molecule has 134 valence electrons. The molecule has 0 N–H and O–H groups in total. The third kappa shape index (κ3) is 5.74.